The van der Waals surface area contributed by atoms with E-state index in [1.807, 2.05) is 6.08 Å². The highest BCUT2D eigenvalue weighted by atomic mass is 16.2. The zero-order valence-electron chi connectivity index (χ0n) is 42.6. The third-order valence-electron chi connectivity index (χ3n) is 11.8. The normalized spacial score (nSPS) is 15.0. The van der Waals surface area contributed by atoms with Gasteiger partial charge in [-0.3, -0.25) is 0 Å². The molecule has 1 N–H and O–H groups in total. The van der Waals surface area contributed by atoms with E-state index in [1.165, 1.54) is 131 Å². The number of aliphatic hydroxyl groups excluding tert-OH is 1. The Balaban J connectivity index is 4.28. The van der Waals surface area contributed by atoms with Gasteiger partial charge in [0.15, 0.2) is 0 Å². The molecule has 61 heavy (non-hydrogen) atoms. The van der Waals surface area contributed by atoms with E-state index in [-0.39, 0.29) is 6.61 Å². The largest absolute Gasteiger partial charge is 0.392 e. The fraction of sp³-hybridized carbons (Fsp3) is 0.600. The summed E-state index contributed by atoms with van der Waals surface area (Å²) >= 11 is 0. The van der Waals surface area contributed by atoms with E-state index in [4.69, 9.17) is 5.11 Å². The molecule has 0 aromatic rings. The topological polar surface area (TPSA) is 20.2 Å². The molecule has 0 heterocycles. The first-order valence-electron chi connectivity index (χ1n) is 24.6. The van der Waals surface area contributed by atoms with Crippen LogP contribution in [0.5, 0.6) is 0 Å². The Labute approximate surface area is 381 Å². The highest BCUT2D eigenvalue weighted by Gasteiger charge is 1.99. The van der Waals surface area contributed by atoms with Gasteiger partial charge in [-0.15, -0.1) is 0 Å². The molecule has 0 aromatic carbocycles. The first-order chi connectivity index (χ1) is 29.1. The minimum absolute atomic E-state index is 0.149. The summed E-state index contributed by atoms with van der Waals surface area (Å²) in [6.45, 7) is 29.6. The van der Waals surface area contributed by atoms with Crippen molar-refractivity contribution in [2.24, 2.45) is 0 Å². The van der Waals surface area contributed by atoms with Crippen molar-refractivity contribution in [2.45, 2.75) is 231 Å². The lowest BCUT2D eigenvalue weighted by Gasteiger charge is -2.04. The average Bonchev–Trinajstić information content (AvgIpc) is 3.18. The number of hydrogen-bond acceptors (Lipinski definition) is 1. The highest BCUT2D eigenvalue weighted by Crippen LogP contribution is 2.19. The van der Waals surface area contributed by atoms with Crippen molar-refractivity contribution < 1.29 is 5.11 Å². The first kappa shape index (κ1) is 57.8. The monoisotopic (exact) mass is 835 g/mol. The summed E-state index contributed by atoms with van der Waals surface area (Å²) in [5, 5.41) is 9.00. The minimum atomic E-state index is 0.149. The van der Waals surface area contributed by atoms with Crippen LogP contribution in [0.2, 0.25) is 0 Å². The first-order valence-corrected chi connectivity index (χ1v) is 24.6. The third kappa shape index (κ3) is 39.4. The van der Waals surface area contributed by atoms with Crippen LogP contribution >= 0.6 is 0 Å². The van der Waals surface area contributed by atoms with Gasteiger partial charge in [-0.25, -0.2) is 0 Å². The molecule has 0 unspecified atom stereocenters. The van der Waals surface area contributed by atoms with Crippen molar-refractivity contribution in [1.29, 1.82) is 0 Å². The Kier molecular flexibility index (Phi) is 36.5. The molecular formula is C60H98O. The van der Waals surface area contributed by atoms with Gasteiger partial charge >= 0.3 is 0 Å². The second-order valence-corrected chi connectivity index (χ2v) is 18.9. The van der Waals surface area contributed by atoms with Crippen LogP contribution in [0, 0.1) is 0 Å². The summed E-state index contributed by atoms with van der Waals surface area (Å²) < 4.78 is 0. The van der Waals surface area contributed by atoms with Gasteiger partial charge in [0.25, 0.3) is 0 Å². The molecule has 0 aliphatic carbocycles. The zero-order valence-corrected chi connectivity index (χ0v) is 42.6. The van der Waals surface area contributed by atoms with Gasteiger partial charge in [-0.2, -0.15) is 0 Å². The van der Waals surface area contributed by atoms with E-state index in [2.05, 4.69) is 157 Å². The predicted molar refractivity (Wildman–Crippen MR) is 279 cm³/mol. The van der Waals surface area contributed by atoms with Crippen molar-refractivity contribution in [1.82, 2.24) is 0 Å². The second kappa shape index (κ2) is 38.5. The van der Waals surface area contributed by atoms with Crippen molar-refractivity contribution in [2.75, 3.05) is 6.61 Å². The summed E-state index contributed by atoms with van der Waals surface area (Å²) in [5.41, 5.74) is 17.9. The Morgan fingerprint density at radius 2 is 0.344 bits per heavy atom. The summed E-state index contributed by atoms with van der Waals surface area (Å²) in [4.78, 5) is 0. The fourth-order valence-electron chi connectivity index (χ4n) is 7.33. The maximum Gasteiger partial charge on any atom is 0.0614 e. The van der Waals surface area contributed by atoms with Crippen LogP contribution in [0.3, 0.4) is 0 Å². The molecule has 0 aromatic heterocycles. The molecule has 0 radical (unpaired) electrons. The van der Waals surface area contributed by atoms with Crippen molar-refractivity contribution in [3.05, 3.63) is 140 Å². The van der Waals surface area contributed by atoms with Gasteiger partial charge in [0.05, 0.1) is 6.61 Å². The molecule has 0 fully saturated rings. The zero-order chi connectivity index (χ0) is 45.7. The summed E-state index contributed by atoms with van der Waals surface area (Å²) in [7, 11) is 0. The van der Waals surface area contributed by atoms with Gasteiger partial charge in [0, 0.05) is 0 Å². The van der Waals surface area contributed by atoms with E-state index in [0.717, 1.165) is 77.0 Å². The molecule has 0 aliphatic heterocycles. The van der Waals surface area contributed by atoms with Crippen LogP contribution in [0.15, 0.2) is 140 Å². The maximum absolute atomic E-state index is 9.00. The molecule has 0 saturated carbocycles. The lowest BCUT2D eigenvalue weighted by molar-refractivity contribution is 0.341. The SMILES string of the molecule is CC(C)=CCC/C(C)=C/CC/C(C)=C\CC/C(C)=C\CC/C(C)=C\CC/C(C)=C\CC/C(C)=C\CC/C(C)=C\CC/C(C)=C\CC/C(C)=C\CC/C(C)=C\CC/C(C)=C\CO. The Morgan fingerprint density at radius 3 is 0.475 bits per heavy atom. The third-order valence-corrected chi connectivity index (χ3v) is 11.8. The lowest BCUT2D eigenvalue weighted by atomic mass is 10.0. The number of allylic oxidation sites excluding steroid dienone is 23. The molecule has 1 heteroatoms. The molecule has 0 aliphatic rings. The van der Waals surface area contributed by atoms with E-state index in [9.17, 15) is 0 Å². The van der Waals surface area contributed by atoms with Crippen molar-refractivity contribution in [3.63, 3.8) is 0 Å². The molecule has 344 valence electrons. The summed E-state index contributed by atoms with van der Waals surface area (Å²) in [6, 6.07) is 0. The fourth-order valence-corrected chi connectivity index (χ4v) is 7.33. The molecule has 0 amide bonds. The van der Waals surface area contributed by atoms with Gasteiger partial charge in [0.1, 0.15) is 0 Å². The molecule has 0 bridgehead atoms. The summed E-state index contributed by atoms with van der Waals surface area (Å²) in [6.07, 6.45) is 54.1. The van der Waals surface area contributed by atoms with Crippen LogP contribution < -0.4 is 0 Å². The Hall–Kier alpha value is -3.16. The lowest BCUT2D eigenvalue weighted by Crippen LogP contribution is -1.84. The van der Waals surface area contributed by atoms with Crippen LogP contribution in [-0.2, 0) is 0 Å². The smallest absolute Gasteiger partial charge is 0.0614 e. The van der Waals surface area contributed by atoms with Gasteiger partial charge in [-0.1, -0.05) is 140 Å². The van der Waals surface area contributed by atoms with Gasteiger partial charge < -0.3 is 5.11 Å². The second-order valence-electron chi connectivity index (χ2n) is 18.9. The van der Waals surface area contributed by atoms with Crippen LogP contribution in [0.25, 0.3) is 0 Å². The molecular weight excluding hydrogens is 737 g/mol. The highest BCUT2D eigenvalue weighted by molar-refractivity contribution is 5.12. The molecule has 0 atom stereocenters. The molecule has 1 nitrogen and oxygen atoms in total. The van der Waals surface area contributed by atoms with Crippen molar-refractivity contribution >= 4 is 0 Å². The number of aliphatic hydroxyl groups is 1. The van der Waals surface area contributed by atoms with Gasteiger partial charge in [-0.05, 0) is 231 Å². The Morgan fingerprint density at radius 1 is 0.213 bits per heavy atom. The predicted octanol–water partition coefficient (Wildman–Crippen LogP) is 19.9. The van der Waals surface area contributed by atoms with E-state index in [0.29, 0.717) is 0 Å². The average molecular weight is 835 g/mol. The van der Waals surface area contributed by atoms with Crippen LogP contribution in [0.1, 0.15) is 231 Å². The minimum Gasteiger partial charge on any atom is -0.392 e. The van der Waals surface area contributed by atoms with E-state index < -0.39 is 0 Å². The molecule has 0 spiro atoms. The molecule has 0 rings (SSSR count). The van der Waals surface area contributed by atoms with E-state index in [1.54, 1.807) is 0 Å². The van der Waals surface area contributed by atoms with Crippen molar-refractivity contribution in [3.8, 4) is 0 Å². The Bertz CT molecular complexity index is 1570. The number of rotatable bonds is 34. The quantitative estimate of drug-likeness (QED) is 0.0640. The molecule has 0 saturated heterocycles. The van der Waals surface area contributed by atoms with E-state index >= 15 is 0 Å². The van der Waals surface area contributed by atoms with Gasteiger partial charge in [0.2, 0.25) is 0 Å². The maximum atomic E-state index is 9.00. The van der Waals surface area contributed by atoms with Crippen LogP contribution in [0.4, 0.5) is 0 Å². The number of hydrogen-bond donors (Lipinski definition) is 1. The standard InChI is InChI=1S/C60H98O/c1-49(2)25-14-26-50(3)27-15-28-51(4)29-16-30-52(5)31-17-32-53(6)33-18-34-54(7)35-19-36-55(8)37-20-38-56(9)39-21-40-57(10)41-22-42-58(11)43-23-44-59(12)45-24-46-60(13)47-48-61/h25,27,29,31,33,35,37,39,41,43,45,47,61H,14-24,26,28,30,32,34,36,38,40,42,44,46,48H2,1-13H3/b50-27+,51-29-,52-31-,53-33-,54-35-,55-37-,56-39-,57-41-,58-43-,59-45-,60-47-. The summed E-state index contributed by atoms with van der Waals surface area (Å²) in [5.74, 6) is 0. The van der Waals surface area contributed by atoms with Crippen LogP contribution in [-0.4, -0.2) is 11.7 Å².